The first-order chi connectivity index (χ1) is 14.4. The Labute approximate surface area is 191 Å². The molecule has 5 nitrogen and oxygen atoms in total. The van der Waals surface area contributed by atoms with Crippen LogP contribution < -0.4 is 0 Å². The second-order valence-electron chi connectivity index (χ2n) is 7.42. The molecule has 1 aromatic carbocycles. The standard InChI is InChI=1S/C22H26Cl2N2O3S/c1-4-14(2)26(21(28)13-29-3)12-20(27)25-9-7-19-17(8-10-30-19)22(25)16-6-5-15(23)11-18(16)24/h5-6,8,10-11,14,22H,4,7,9,12-13H2,1-3H3. The molecule has 2 amide bonds. The van der Waals surface area contributed by atoms with E-state index >= 15 is 0 Å². The van der Waals surface area contributed by atoms with Crippen molar-refractivity contribution in [1.29, 1.82) is 0 Å². The van der Waals surface area contributed by atoms with Crippen molar-refractivity contribution in [2.24, 2.45) is 0 Å². The van der Waals surface area contributed by atoms with Gasteiger partial charge in [0.05, 0.1) is 6.04 Å². The minimum absolute atomic E-state index is 0.0123. The normalized spacial score (nSPS) is 16.8. The number of ether oxygens (including phenoxy) is 1. The highest BCUT2D eigenvalue weighted by atomic mass is 35.5. The minimum atomic E-state index is -0.298. The van der Waals surface area contributed by atoms with Crippen molar-refractivity contribution in [2.45, 2.75) is 38.8 Å². The van der Waals surface area contributed by atoms with Crippen LogP contribution in [0.5, 0.6) is 0 Å². The summed E-state index contributed by atoms with van der Waals surface area (Å²) in [5.41, 5.74) is 1.93. The summed E-state index contributed by atoms with van der Waals surface area (Å²) in [6.45, 7) is 4.48. The Morgan fingerprint density at radius 2 is 2.07 bits per heavy atom. The lowest BCUT2D eigenvalue weighted by atomic mass is 9.93. The van der Waals surface area contributed by atoms with Gasteiger partial charge in [0.25, 0.3) is 0 Å². The van der Waals surface area contributed by atoms with Crippen molar-refractivity contribution in [3.8, 4) is 0 Å². The molecule has 2 aromatic rings. The van der Waals surface area contributed by atoms with Gasteiger partial charge in [-0.15, -0.1) is 11.3 Å². The summed E-state index contributed by atoms with van der Waals surface area (Å²) in [5.74, 6) is -0.290. The van der Waals surface area contributed by atoms with Crippen molar-refractivity contribution < 1.29 is 14.3 Å². The molecule has 30 heavy (non-hydrogen) atoms. The summed E-state index contributed by atoms with van der Waals surface area (Å²) < 4.78 is 5.02. The highest BCUT2D eigenvalue weighted by Gasteiger charge is 2.35. The van der Waals surface area contributed by atoms with E-state index in [1.165, 1.54) is 12.0 Å². The summed E-state index contributed by atoms with van der Waals surface area (Å²) in [6.07, 6.45) is 1.54. The fraction of sp³-hybridized carbons (Fsp3) is 0.455. The molecule has 162 valence electrons. The Bertz CT molecular complexity index is 918. The molecule has 0 saturated heterocycles. The first-order valence-electron chi connectivity index (χ1n) is 9.96. The maximum Gasteiger partial charge on any atom is 0.249 e. The maximum absolute atomic E-state index is 13.5. The highest BCUT2D eigenvalue weighted by Crippen LogP contribution is 2.41. The quantitative estimate of drug-likeness (QED) is 0.585. The Morgan fingerprint density at radius 1 is 1.30 bits per heavy atom. The molecule has 0 radical (unpaired) electrons. The summed E-state index contributed by atoms with van der Waals surface area (Å²) in [5, 5.41) is 3.12. The Kier molecular flexibility index (Phi) is 7.80. The second kappa shape index (κ2) is 10.1. The molecule has 2 heterocycles. The summed E-state index contributed by atoms with van der Waals surface area (Å²) in [4.78, 5) is 30.7. The molecule has 8 heteroatoms. The maximum atomic E-state index is 13.5. The smallest absolute Gasteiger partial charge is 0.249 e. The van der Waals surface area contributed by atoms with E-state index in [-0.39, 0.29) is 37.0 Å². The van der Waals surface area contributed by atoms with Crippen molar-refractivity contribution in [2.75, 3.05) is 26.8 Å². The van der Waals surface area contributed by atoms with Crippen molar-refractivity contribution >= 4 is 46.4 Å². The van der Waals surface area contributed by atoms with Crippen LogP contribution in [0, 0.1) is 0 Å². The molecule has 0 saturated carbocycles. The van der Waals surface area contributed by atoms with Crippen molar-refractivity contribution in [3.05, 3.63) is 55.7 Å². The number of carbonyl (C=O) groups is 2. The zero-order valence-electron chi connectivity index (χ0n) is 17.4. The topological polar surface area (TPSA) is 49.9 Å². The Balaban J connectivity index is 1.94. The van der Waals surface area contributed by atoms with Crippen LogP contribution in [-0.2, 0) is 20.7 Å². The number of nitrogens with zero attached hydrogens (tertiary/aromatic N) is 2. The van der Waals surface area contributed by atoms with Gasteiger partial charge in [0.1, 0.15) is 13.2 Å². The number of rotatable bonds is 7. The summed E-state index contributed by atoms with van der Waals surface area (Å²) in [7, 11) is 1.48. The molecule has 2 atom stereocenters. The molecule has 0 bridgehead atoms. The number of halogens is 2. The molecular formula is C22H26Cl2N2O3S. The molecule has 3 rings (SSSR count). The summed E-state index contributed by atoms with van der Waals surface area (Å²) in [6, 6.07) is 7.07. The van der Waals surface area contributed by atoms with E-state index in [4.69, 9.17) is 27.9 Å². The Morgan fingerprint density at radius 3 is 2.73 bits per heavy atom. The van der Waals surface area contributed by atoms with Gasteiger partial charge in [-0.2, -0.15) is 0 Å². The van der Waals surface area contributed by atoms with E-state index < -0.39 is 0 Å². The predicted octanol–water partition coefficient (Wildman–Crippen LogP) is 4.80. The highest BCUT2D eigenvalue weighted by molar-refractivity contribution is 7.10. The Hall–Kier alpha value is -1.60. The van der Waals surface area contributed by atoms with Gasteiger partial charge in [-0.25, -0.2) is 0 Å². The molecule has 0 N–H and O–H groups in total. The number of carbonyl (C=O) groups excluding carboxylic acids is 2. The monoisotopic (exact) mass is 468 g/mol. The van der Waals surface area contributed by atoms with Gasteiger partial charge >= 0.3 is 0 Å². The van der Waals surface area contributed by atoms with Gasteiger partial charge < -0.3 is 14.5 Å². The number of fused-ring (bicyclic) bond motifs is 1. The van der Waals surface area contributed by atoms with Crippen LogP contribution in [-0.4, -0.2) is 54.5 Å². The van der Waals surface area contributed by atoms with Crippen molar-refractivity contribution in [1.82, 2.24) is 9.80 Å². The van der Waals surface area contributed by atoms with Crippen LogP contribution in [0.15, 0.2) is 29.6 Å². The molecule has 1 aromatic heterocycles. The van der Waals surface area contributed by atoms with Crippen LogP contribution in [0.3, 0.4) is 0 Å². The number of amides is 2. The predicted molar refractivity (Wildman–Crippen MR) is 121 cm³/mol. The lowest BCUT2D eigenvalue weighted by Crippen LogP contribution is -2.50. The van der Waals surface area contributed by atoms with E-state index in [9.17, 15) is 9.59 Å². The van der Waals surface area contributed by atoms with Crippen LogP contribution in [0.25, 0.3) is 0 Å². The van der Waals surface area contributed by atoms with E-state index in [0.29, 0.717) is 16.6 Å². The van der Waals surface area contributed by atoms with E-state index in [1.54, 1.807) is 28.4 Å². The SMILES string of the molecule is CCC(C)N(CC(=O)N1CCc2sccc2C1c1ccc(Cl)cc1Cl)C(=O)COC. The number of thiophene rings is 1. The molecule has 2 unspecified atom stereocenters. The third-order valence-corrected chi connectivity index (χ3v) is 7.12. The number of benzene rings is 1. The number of hydrogen-bond acceptors (Lipinski definition) is 4. The van der Waals surface area contributed by atoms with Gasteiger partial charge in [0.2, 0.25) is 11.8 Å². The molecule has 0 aliphatic carbocycles. The minimum Gasteiger partial charge on any atom is -0.375 e. The average molecular weight is 469 g/mol. The van der Waals surface area contributed by atoms with Crippen LogP contribution in [0.4, 0.5) is 0 Å². The van der Waals surface area contributed by atoms with Crippen LogP contribution >= 0.6 is 34.5 Å². The first-order valence-corrected chi connectivity index (χ1v) is 11.6. The van der Waals surface area contributed by atoms with Gasteiger partial charge in [0.15, 0.2) is 0 Å². The largest absolute Gasteiger partial charge is 0.375 e. The first kappa shape index (κ1) is 23.1. The molecular weight excluding hydrogens is 443 g/mol. The van der Waals surface area contributed by atoms with E-state index in [1.807, 2.05) is 30.2 Å². The van der Waals surface area contributed by atoms with Crippen molar-refractivity contribution in [3.63, 3.8) is 0 Å². The fourth-order valence-electron chi connectivity index (χ4n) is 3.80. The van der Waals surface area contributed by atoms with Gasteiger partial charge in [0, 0.05) is 34.6 Å². The zero-order valence-corrected chi connectivity index (χ0v) is 19.7. The van der Waals surface area contributed by atoms with Crippen LogP contribution in [0.2, 0.25) is 10.0 Å². The van der Waals surface area contributed by atoms with Gasteiger partial charge in [-0.1, -0.05) is 36.2 Å². The molecule has 0 spiro atoms. The van der Waals surface area contributed by atoms with Gasteiger partial charge in [-0.05, 0) is 54.5 Å². The fourth-order valence-corrected chi connectivity index (χ4v) is 5.21. The average Bonchev–Trinajstić information content (AvgIpc) is 3.20. The van der Waals surface area contributed by atoms with Crippen LogP contribution in [0.1, 0.15) is 42.3 Å². The zero-order chi connectivity index (χ0) is 21.8. The van der Waals surface area contributed by atoms with E-state index in [2.05, 4.69) is 6.07 Å². The lowest BCUT2D eigenvalue weighted by Gasteiger charge is -2.38. The number of hydrogen-bond donors (Lipinski definition) is 0. The second-order valence-corrected chi connectivity index (χ2v) is 9.26. The molecule has 0 fully saturated rings. The molecule has 1 aliphatic heterocycles. The summed E-state index contributed by atoms with van der Waals surface area (Å²) >= 11 is 14.3. The number of methoxy groups -OCH3 is 1. The van der Waals surface area contributed by atoms with Gasteiger partial charge in [-0.3, -0.25) is 9.59 Å². The molecule has 1 aliphatic rings. The third-order valence-electron chi connectivity index (χ3n) is 5.56. The lowest BCUT2D eigenvalue weighted by molar-refractivity contribution is -0.145. The van der Waals surface area contributed by atoms with E-state index in [0.717, 1.165) is 24.0 Å². The third kappa shape index (κ3) is 4.83.